The van der Waals surface area contributed by atoms with Gasteiger partial charge in [-0.3, -0.25) is 4.79 Å². The second kappa shape index (κ2) is 9.19. The molecular weight excluding hydrogens is 515 g/mol. The van der Waals surface area contributed by atoms with E-state index in [1.807, 2.05) is 0 Å². The number of nitrogens with one attached hydrogen (secondary N) is 1. The summed E-state index contributed by atoms with van der Waals surface area (Å²) in [6.07, 6.45) is -2.74. The lowest BCUT2D eigenvalue weighted by Crippen LogP contribution is -2.51. The maximum absolute atomic E-state index is 14.6. The van der Waals surface area contributed by atoms with Crippen LogP contribution in [-0.4, -0.2) is 58.8 Å². The van der Waals surface area contributed by atoms with E-state index < -0.39 is 63.1 Å². The molecule has 1 fully saturated rings. The molecule has 0 bridgehead atoms. The van der Waals surface area contributed by atoms with Gasteiger partial charge in [0.2, 0.25) is 0 Å². The monoisotopic (exact) mass is 534 g/mol. The maximum Gasteiger partial charge on any atom is 0.422 e. The van der Waals surface area contributed by atoms with Crippen LogP contribution in [0.4, 0.5) is 22.0 Å². The lowest BCUT2D eigenvalue weighted by molar-refractivity contribution is -0.153. The summed E-state index contributed by atoms with van der Waals surface area (Å²) in [5.74, 6) is -4.52. The highest BCUT2D eigenvalue weighted by molar-refractivity contribution is 7.91. The molecule has 1 aliphatic rings. The predicted molar refractivity (Wildman–Crippen MR) is 115 cm³/mol. The molecule has 1 aliphatic heterocycles. The van der Waals surface area contributed by atoms with Crippen molar-refractivity contribution in [2.75, 3.05) is 18.1 Å². The number of fused-ring (bicyclic) bond motifs is 1. The average Bonchev–Trinajstić information content (AvgIpc) is 3.19. The van der Waals surface area contributed by atoms with E-state index in [4.69, 9.17) is 4.74 Å². The van der Waals surface area contributed by atoms with Gasteiger partial charge < -0.3 is 14.8 Å². The first kappa shape index (κ1) is 25.6. The molecule has 0 aliphatic carbocycles. The van der Waals surface area contributed by atoms with Crippen molar-refractivity contribution in [3.63, 3.8) is 0 Å². The van der Waals surface area contributed by atoms with Crippen LogP contribution in [0, 0.1) is 11.6 Å². The molecule has 194 valence electrons. The lowest BCUT2D eigenvalue weighted by Gasteiger charge is -2.34. The Morgan fingerprint density at radius 3 is 2.53 bits per heavy atom. The number of rotatable bonds is 6. The summed E-state index contributed by atoms with van der Waals surface area (Å²) in [4.78, 5) is 16.3. The predicted octanol–water partition coefficient (Wildman–Crippen LogP) is 3.44. The SMILES string of the molecule is CC1(NC(=O)c2cc3cc(Oc4ncc(F)cc4OCC(F)(F)F)c(F)cn3n2)CCS(=O)(=O)CC1. The van der Waals surface area contributed by atoms with E-state index in [1.165, 1.54) is 6.07 Å². The number of aromatic nitrogens is 3. The Morgan fingerprint density at radius 1 is 1.17 bits per heavy atom. The van der Waals surface area contributed by atoms with Gasteiger partial charge in [-0.15, -0.1) is 0 Å². The van der Waals surface area contributed by atoms with Gasteiger partial charge >= 0.3 is 6.18 Å². The van der Waals surface area contributed by atoms with Crippen LogP contribution in [0.2, 0.25) is 0 Å². The number of halogens is 5. The zero-order chi connectivity index (χ0) is 26.3. The van der Waals surface area contributed by atoms with Crippen LogP contribution >= 0.6 is 0 Å². The zero-order valence-electron chi connectivity index (χ0n) is 18.6. The molecule has 3 aromatic heterocycles. The summed E-state index contributed by atoms with van der Waals surface area (Å²) in [5, 5.41) is 6.77. The highest BCUT2D eigenvalue weighted by Crippen LogP contribution is 2.33. The highest BCUT2D eigenvalue weighted by Gasteiger charge is 2.35. The van der Waals surface area contributed by atoms with Crippen molar-refractivity contribution in [2.45, 2.75) is 31.5 Å². The fourth-order valence-electron chi connectivity index (χ4n) is 3.49. The molecule has 0 radical (unpaired) electrons. The van der Waals surface area contributed by atoms with Crippen LogP contribution in [-0.2, 0) is 9.84 Å². The Bertz CT molecular complexity index is 1410. The van der Waals surface area contributed by atoms with E-state index >= 15 is 0 Å². The van der Waals surface area contributed by atoms with E-state index in [2.05, 4.69) is 20.1 Å². The highest BCUT2D eigenvalue weighted by atomic mass is 32.2. The normalized spacial score (nSPS) is 17.1. The van der Waals surface area contributed by atoms with Gasteiger partial charge in [0, 0.05) is 17.7 Å². The number of nitrogens with zero attached hydrogens (tertiary/aromatic N) is 3. The van der Waals surface area contributed by atoms with E-state index in [1.54, 1.807) is 6.92 Å². The van der Waals surface area contributed by atoms with Crippen LogP contribution in [0.1, 0.15) is 30.3 Å². The zero-order valence-corrected chi connectivity index (χ0v) is 19.4. The Balaban J connectivity index is 1.55. The number of ether oxygens (including phenoxy) is 2. The summed E-state index contributed by atoms with van der Waals surface area (Å²) < 4.78 is 99.8. The molecule has 3 aromatic rings. The summed E-state index contributed by atoms with van der Waals surface area (Å²) in [7, 11) is -3.14. The minimum absolute atomic E-state index is 0.0625. The summed E-state index contributed by atoms with van der Waals surface area (Å²) in [5.41, 5.74) is -0.665. The van der Waals surface area contributed by atoms with Gasteiger partial charge in [-0.1, -0.05) is 0 Å². The van der Waals surface area contributed by atoms with E-state index in [0.717, 1.165) is 16.8 Å². The van der Waals surface area contributed by atoms with Crippen LogP contribution < -0.4 is 14.8 Å². The Labute approximate surface area is 201 Å². The first-order valence-electron chi connectivity index (χ1n) is 10.5. The Kier molecular flexibility index (Phi) is 6.53. The molecular formula is C21H19F5N4O5S. The molecule has 36 heavy (non-hydrogen) atoms. The molecule has 0 saturated carbocycles. The van der Waals surface area contributed by atoms with Crippen LogP contribution in [0.15, 0.2) is 30.6 Å². The average molecular weight is 534 g/mol. The van der Waals surface area contributed by atoms with Gasteiger partial charge in [-0.2, -0.15) is 18.3 Å². The number of alkyl halides is 3. The number of carbonyl (C=O) groups is 1. The second-order valence-electron chi connectivity index (χ2n) is 8.51. The van der Waals surface area contributed by atoms with Gasteiger partial charge in [-0.05, 0) is 25.8 Å². The topological polar surface area (TPSA) is 112 Å². The molecule has 0 atom stereocenters. The van der Waals surface area contributed by atoms with Gasteiger partial charge in [-0.25, -0.2) is 26.7 Å². The minimum atomic E-state index is -4.72. The van der Waals surface area contributed by atoms with Crippen molar-refractivity contribution in [3.8, 4) is 17.4 Å². The van der Waals surface area contributed by atoms with Crippen LogP contribution in [0.3, 0.4) is 0 Å². The van der Waals surface area contributed by atoms with Crippen molar-refractivity contribution in [3.05, 3.63) is 47.9 Å². The third kappa shape index (κ3) is 6.01. The van der Waals surface area contributed by atoms with Crippen molar-refractivity contribution in [2.24, 2.45) is 0 Å². The quantitative estimate of drug-likeness (QED) is 0.483. The molecule has 9 nitrogen and oxygen atoms in total. The van der Waals surface area contributed by atoms with Crippen molar-refractivity contribution >= 4 is 21.3 Å². The number of carbonyl (C=O) groups excluding carboxylic acids is 1. The number of sulfone groups is 1. The number of hydrogen-bond acceptors (Lipinski definition) is 7. The fourth-order valence-corrected chi connectivity index (χ4v) is 5.21. The van der Waals surface area contributed by atoms with Gasteiger partial charge in [0.05, 0.1) is 29.4 Å². The molecule has 4 heterocycles. The van der Waals surface area contributed by atoms with E-state index in [9.17, 15) is 35.2 Å². The number of hydrogen-bond donors (Lipinski definition) is 1. The molecule has 0 spiro atoms. The van der Waals surface area contributed by atoms with Crippen LogP contribution in [0.5, 0.6) is 17.4 Å². The van der Waals surface area contributed by atoms with Crippen molar-refractivity contribution in [1.29, 1.82) is 0 Å². The minimum Gasteiger partial charge on any atom is -0.478 e. The lowest BCUT2D eigenvalue weighted by atomic mass is 9.94. The van der Waals surface area contributed by atoms with Gasteiger partial charge in [0.1, 0.15) is 15.7 Å². The summed E-state index contributed by atoms with van der Waals surface area (Å²) >= 11 is 0. The molecule has 1 saturated heterocycles. The summed E-state index contributed by atoms with van der Waals surface area (Å²) in [6.45, 7) is -0.0307. The maximum atomic E-state index is 14.6. The third-order valence-corrected chi connectivity index (χ3v) is 7.13. The van der Waals surface area contributed by atoms with E-state index in [0.29, 0.717) is 12.3 Å². The molecule has 0 unspecified atom stereocenters. The van der Waals surface area contributed by atoms with Gasteiger partial charge in [0.25, 0.3) is 11.8 Å². The number of pyridine rings is 2. The molecule has 1 N–H and O–H groups in total. The Hall–Kier alpha value is -3.49. The van der Waals surface area contributed by atoms with Gasteiger partial charge in [0.15, 0.2) is 29.6 Å². The smallest absolute Gasteiger partial charge is 0.422 e. The molecule has 1 amide bonds. The standard InChI is InChI=1S/C21H19F5N4O5S/c1-20(2-4-36(32,33)5-3-20)28-18(31)15-7-13-8-16(14(23)10-30(13)29-15)35-19-17(6-12(22)9-27-19)34-11-21(24,25)26/h6-10H,2-5,11H2,1H3,(H,28,31). The Morgan fingerprint density at radius 2 is 1.86 bits per heavy atom. The van der Waals surface area contributed by atoms with Crippen LogP contribution in [0.25, 0.3) is 5.52 Å². The largest absolute Gasteiger partial charge is 0.478 e. The second-order valence-corrected chi connectivity index (χ2v) is 10.8. The third-order valence-electron chi connectivity index (χ3n) is 5.48. The summed E-state index contributed by atoms with van der Waals surface area (Å²) in [6, 6.07) is 3.04. The first-order chi connectivity index (χ1) is 16.7. The molecule has 4 rings (SSSR count). The fraction of sp³-hybridized carbons (Fsp3) is 0.381. The van der Waals surface area contributed by atoms with E-state index in [-0.39, 0.29) is 35.6 Å². The first-order valence-corrected chi connectivity index (χ1v) is 12.3. The molecule has 0 aromatic carbocycles. The van der Waals surface area contributed by atoms with Crippen molar-refractivity contribution < 1.29 is 44.6 Å². The van der Waals surface area contributed by atoms with Crippen molar-refractivity contribution in [1.82, 2.24) is 19.9 Å². The molecule has 15 heteroatoms. The number of amides is 1.